The second-order valence-corrected chi connectivity index (χ2v) is 13.0. The molecule has 2 saturated heterocycles. The minimum atomic E-state index is -1.64. The molecule has 3 heterocycles. The molecule has 2 aliphatic heterocycles. The lowest BCUT2D eigenvalue weighted by Crippen LogP contribution is -2.65. The number of nitrogens with one attached hydrogen (secondary N) is 1. The molecule has 4 N–H and O–H groups in total. The molecule has 0 saturated carbocycles. The van der Waals surface area contributed by atoms with Crippen molar-refractivity contribution in [3.63, 3.8) is 0 Å². The Balaban J connectivity index is 1.26. The molecule has 2 atom stereocenters. The molecule has 0 bridgehead atoms. The van der Waals surface area contributed by atoms with Crippen LogP contribution in [-0.4, -0.2) is 96.8 Å². The summed E-state index contributed by atoms with van der Waals surface area (Å²) in [7, 11) is 2.06. The highest BCUT2D eigenvalue weighted by molar-refractivity contribution is 5.69. The first-order chi connectivity index (χ1) is 24.1. The van der Waals surface area contributed by atoms with Crippen LogP contribution in [0.5, 0.6) is 0 Å². The number of hydrogen-bond donors (Lipinski definition) is 3. The number of aliphatic hydroxyl groups is 1. The molecule has 14 nitrogen and oxygen atoms in total. The minimum Gasteiger partial charge on any atom is -0.469 e. The van der Waals surface area contributed by atoms with Gasteiger partial charge in [-0.1, -0.05) is 30.3 Å². The van der Waals surface area contributed by atoms with Gasteiger partial charge in [-0.2, -0.15) is 0 Å². The number of aliphatic hydroxyl groups excluding tert-OH is 1. The van der Waals surface area contributed by atoms with Gasteiger partial charge in [0.2, 0.25) is 0 Å². The normalized spacial score (nSPS) is 17.7. The van der Waals surface area contributed by atoms with E-state index < -0.39 is 16.7 Å². The van der Waals surface area contributed by atoms with Gasteiger partial charge >= 0.3 is 0 Å². The highest BCUT2D eigenvalue weighted by Gasteiger charge is 2.47. The highest BCUT2D eigenvalue weighted by Crippen LogP contribution is 2.39. The Bertz CT molecular complexity index is 1760. The van der Waals surface area contributed by atoms with Gasteiger partial charge in [0.25, 0.3) is 11.4 Å². The fourth-order valence-corrected chi connectivity index (χ4v) is 6.94. The molecule has 0 aliphatic carbocycles. The summed E-state index contributed by atoms with van der Waals surface area (Å²) in [6.45, 7) is 5.45. The molecule has 2 unspecified atom stereocenters. The first-order valence-electron chi connectivity index (χ1n) is 16.9. The van der Waals surface area contributed by atoms with Crippen molar-refractivity contribution in [3.8, 4) is 0 Å². The largest absolute Gasteiger partial charge is 0.469 e. The molecule has 0 amide bonds. The second kappa shape index (κ2) is 15.3. The van der Waals surface area contributed by atoms with Gasteiger partial charge < -0.3 is 35.3 Å². The van der Waals surface area contributed by atoms with Gasteiger partial charge in [0, 0.05) is 88.8 Å². The predicted octanol–water partition coefficient (Wildman–Crippen LogP) is 4.04. The number of likely N-dealkylation sites (N-methyl/N-ethyl adjacent to an activating group) is 1. The van der Waals surface area contributed by atoms with Crippen molar-refractivity contribution in [1.29, 1.82) is 0 Å². The van der Waals surface area contributed by atoms with Crippen LogP contribution >= 0.6 is 0 Å². The second-order valence-electron chi connectivity index (χ2n) is 13.0. The lowest BCUT2D eigenvalue weighted by molar-refractivity contribution is -0.386. The number of rotatable bonds is 13. The predicted molar refractivity (Wildman–Crippen MR) is 193 cm³/mol. The molecule has 3 aromatic carbocycles. The number of piperazine rings is 2. The topological polar surface area (TPSA) is 171 Å². The zero-order chi connectivity index (χ0) is 35.3. The molecule has 50 heavy (non-hydrogen) atoms. The van der Waals surface area contributed by atoms with E-state index in [4.69, 9.17) is 10.2 Å². The summed E-state index contributed by atoms with van der Waals surface area (Å²) in [5.41, 5.74) is 8.90. The molecule has 14 heteroatoms. The van der Waals surface area contributed by atoms with Crippen LogP contribution in [0.3, 0.4) is 0 Å². The van der Waals surface area contributed by atoms with Crippen LogP contribution < -0.4 is 20.9 Å². The van der Waals surface area contributed by atoms with Crippen LogP contribution in [0.25, 0.3) is 0 Å². The van der Waals surface area contributed by atoms with Gasteiger partial charge in [-0.05, 0) is 55.4 Å². The summed E-state index contributed by atoms with van der Waals surface area (Å²) < 4.78 is 5.55. The molecule has 6 rings (SSSR count). The molecule has 2 fully saturated rings. The quantitative estimate of drug-likeness (QED) is 0.137. The number of benzene rings is 3. The Kier molecular flexibility index (Phi) is 10.6. The molecule has 0 radical (unpaired) electrons. The minimum absolute atomic E-state index is 0.00462. The lowest BCUT2D eigenvalue weighted by atomic mass is 9.87. The Morgan fingerprint density at radius 3 is 2.08 bits per heavy atom. The number of anilines is 3. The van der Waals surface area contributed by atoms with Crippen molar-refractivity contribution in [2.24, 2.45) is 5.73 Å². The van der Waals surface area contributed by atoms with Gasteiger partial charge in [-0.3, -0.25) is 25.1 Å². The summed E-state index contributed by atoms with van der Waals surface area (Å²) in [6.07, 6.45) is 1.04. The monoisotopic (exact) mass is 684 g/mol. The van der Waals surface area contributed by atoms with E-state index in [2.05, 4.69) is 27.1 Å². The van der Waals surface area contributed by atoms with Gasteiger partial charge in [0.15, 0.2) is 0 Å². The van der Waals surface area contributed by atoms with E-state index in [9.17, 15) is 25.3 Å². The smallest absolute Gasteiger partial charge is 0.292 e. The van der Waals surface area contributed by atoms with Crippen molar-refractivity contribution in [3.05, 3.63) is 122 Å². The zero-order valence-corrected chi connectivity index (χ0v) is 28.2. The fourth-order valence-electron chi connectivity index (χ4n) is 6.94. The summed E-state index contributed by atoms with van der Waals surface area (Å²) in [4.78, 5) is 32.0. The summed E-state index contributed by atoms with van der Waals surface area (Å²) in [6, 6.07) is 23.5. The van der Waals surface area contributed by atoms with Crippen LogP contribution in [0.4, 0.5) is 28.4 Å². The number of nitro groups is 2. The number of furan rings is 1. The average Bonchev–Trinajstić information content (AvgIpc) is 3.65. The van der Waals surface area contributed by atoms with E-state index in [-0.39, 0.29) is 28.3 Å². The number of hydrogen-bond acceptors (Lipinski definition) is 12. The van der Waals surface area contributed by atoms with E-state index in [0.717, 1.165) is 43.1 Å². The van der Waals surface area contributed by atoms with Crippen LogP contribution in [-0.2, 0) is 18.5 Å². The van der Waals surface area contributed by atoms with Gasteiger partial charge in [0.1, 0.15) is 17.1 Å². The maximum absolute atomic E-state index is 12.5. The zero-order valence-electron chi connectivity index (χ0n) is 28.2. The van der Waals surface area contributed by atoms with Crippen molar-refractivity contribution < 1.29 is 19.4 Å². The Morgan fingerprint density at radius 2 is 1.46 bits per heavy atom. The Morgan fingerprint density at radius 1 is 0.840 bits per heavy atom. The van der Waals surface area contributed by atoms with Gasteiger partial charge in [0.05, 0.1) is 27.8 Å². The van der Waals surface area contributed by atoms with Crippen molar-refractivity contribution >= 4 is 28.4 Å². The molecular weight excluding hydrogens is 640 g/mol. The lowest BCUT2D eigenvalue weighted by Gasteiger charge is -2.48. The third kappa shape index (κ3) is 7.58. The van der Waals surface area contributed by atoms with Crippen molar-refractivity contribution in [2.45, 2.75) is 24.6 Å². The standard InChI is InChI=1S/C36H44N8O6/c1-39-15-17-40(18-16-39)28-9-11-33(43(46)47)31(24-28)36(37,35(45)26-30-8-5-23-50-30)42-21-19-41(20-22-42)29-10-12-34(44(48)49)32(25-29)38-14-13-27-6-3-2-4-7-27/h2-12,23-25,35,38,45H,13-22,26,37H2,1H3. The molecule has 1 aromatic heterocycles. The van der Waals surface area contributed by atoms with Crippen molar-refractivity contribution in [2.75, 3.05) is 81.1 Å². The van der Waals surface area contributed by atoms with Gasteiger partial charge in [-0.25, -0.2) is 0 Å². The molecule has 4 aromatic rings. The third-order valence-electron chi connectivity index (χ3n) is 9.88. The fraction of sp³-hybridized carbons (Fsp3) is 0.389. The first kappa shape index (κ1) is 34.8. The summed E-state index contributed by atoms with van der Waals surface area (Å²) >= 11 is 0. The number of nitrogens with two attached hydrogens (primary N) is 1. The van der Waals surface area contributed by atoms with Crippen LogP contribution in [0.1, 0.15) is 16.9 Å². The maximum Gasteiger partial charge on any atom is 0.292 e. The maximum atomic E-state index is 12.5. The summed E-state index contributed by atoms with van der Waals surface area (Å²) in [5.74, 6) is 0.516. The van der Waals surface area contributed by atoms with Crippen LogP contribution in [0, 0.1) is 20.2 Å². The number of nitro benzene ring substituents is 2. The van der Waals surface area contributed by atoms with Crippen LogP contribution in [0.2, 0.25) is 0 Å². The molecule has 264 valence electrons. The van der Waals surface area contributed by atoms with Gasteiger partial charge in [-0.15, -0.1) is 0 Å². The van der Waals surface area contributed by atoms with Crippen molar-refractivity contribution in [1.82, 2.24) is 9.80 Å². The Labute approximate surface area is 291 Å². The average molecular weight is 685 g/mol. The van der Waals surface area contributed by atoms with E-state index in [1.807, 2.05) is 35.2 Å². The van der Waals surface area contributed by atoms with E-state index in [0.29, 0.717) is 50.6 Å². The van der Waals surface area contributed by atoms with E-state index in [1.54, 1.807) is 36.4 Å². The number of nitrogens with zero attached hydrogens (tertiary/aromatic N) is 6. The van der Waals surface area contributed by atoms with E-state index in [1.165, 1.54) is 18.4 Å². The molecule has 0 spiro atoms. The SMILES string of the molecule is CN1CCN(c2ccc([N+](=O)[O-])c(C(N)(C(O)Cc3ccco3)N3CCN(c4ccc([N+](=O)[O-])c(NCCc5ccccc5)c4)CC3)c2)CC1. The third-order valence-corrected chi connectivity index (χ3v) is 9.88. The molecular formula is C36H44N8O6. The first-order valence-corrected chi connectivity index (χ1v) is 16.9. The molecule has 2 aliphatic rings. The summed E-state index contributed by atoms with van der Waals surface area (Å²) in [5, 5.41) is 39.5. The van der Waals surface area contributed by atoms with E-state index >= 15 is 0 Å². The van der Waals surface area contributed by atoms with Crippen LogP contribution in [0.15, 0.2) is 89.5 Å². The highest BCUT2D eigenvalue weighted by atomic mass is 16.6. The Hall–Kier alpha value is -5.02.